The number of nitrogens with zero attached hydrogens (tertiary/aromatic N) is 2. The fraction of sp³-hybridized carbons (Fsp3) is 0.250. The van der Waals surface area contributed by atoms with Crippen LogP contribution in [0.3, 0.4) is 0 Å². The highest BCUT2D eigenvalue weighted by Crippen LogP contribution is 2.24. The van der Waals surface area contributed by atoms with E-state index in [0.29, 0.717) is 29.5 Å². The Hall–Kier alpha value is -2.93. The number of hydrogen-bond acceptors (Lipinski definition) is 5. The first kappa shape index (κ1) is 17.5. The molecule has 4 rings (SSSR count). The van der Waals surface area contributed by atoms with Crippen LogP contribution in [-0.4, -0.2) is 15.3 Å². The smallest absolute Gasteiger partial charge is 0.258 e. The zero-order valence-electron chi connectivity index (χ0n) is 14.7. The van der Waals surface area contributed by atoms with Gasteiger partial charge in [-0.05, 0) is 30.9 Å². The van der Waals surface area contributed by atoms with Gasteiger partial charge in [0.2, 0.25) is 5.91 Å². The van der Waals surface area contributed by atoms with Gasteiger partial charge in [0.1, 0.15) is 0 Å². The number of fused-ring (bicyclic) bond motifs is 1. The van der Waals surface area contributed by atoms with Crippen molar-refractivity contribution >= 4 is 33.6 Å². The molecule has 0 spiro atoms. The second kappa shape index (κ2) is 7.75. The fourth-order valence-electron chi connectivity index (χ4n) is 3.22. The molecule has 1 aliphatic rings. The molecule has 0 saturated carbocycles. The number of thiazole rings is 1. The molecule has 1 aliphatic carbocycles. The summed E-state index contributed by atoms with van der Waals surface area (Å²) in [6.45, 7) is 0.405. The zero-order valence-corrected chi connectivity index (χ0v) is 15.5. The molecule has 27 heavy (non-hydrogen) atoms. The molecule has 1 amide bonds. The Morgan fingerprint density at radius 1 is 1.30 bits per heavy atom. The molecule has 138 valence electrons. The topological polar surface area (TPSA) is 75.5 Å². The lowest BCUT2D eigenvalue weighted by molar-refractivity contribution is -0.116. The zero-order chi connectivity index (χ0) is 18.6. The fourth-order valence-corrected chi connectivity index (χ4v) is 3.95. The highest BCUT2D eigenvalue weighted by atomic mass is 32.1. The van der Waals surface area contributed by atoms with Crippen molar-refractivity contribution in [3.63, 3.8) is 0 Å². The van der Waals surface area contributed by atoms with Crippen LogP contribution in [0.4, 0.5) is 11.4 Å². The van der Waals surface area contributed by atoms with E-state index in [1.54, 1.807) is 6.20 Å². The van der Waals surface area contributed by atoms with Crippen LogP contribution in [0.2, 0.25) is 0 Å². The number of carbonyl (C=O) groups excluding carboxylic acids is 1. The molecule has 0 bridgehead atoms. The third-order valence-electron chi connectivity index (χ3n) is 4.58. The maximum Gasteiger partial charge on any atom is 0.258 e. The van der Waals surface area contributed by atoms with Gasteiger partial charge in [0.05, 0.1) is 23.6 Å². The number of amides is 1. The molecule has 2 aromatic heterocycles. The Morgan fingerprint density at radius 2 is 2.15 bits per heavy atom. The highest BCUT2D eigenvalue weighted by Gasteiger charge is 2.15. The second-order valence-electron chi connectivity index (χ2n) is 6.56. The van der Waals surface area contributed by atoms with Crippen LogP contribution in [-0.2, 0) is 11.3 Å². The van der Waals surface area contributed by atoms with Gasteiger partial charge in [-0.25, -0.2) is 4.98 Å². The maximum atomic E-state index is 12.3. The summed E-state index contributed by atoms with van der Waals surface area (Å²) in [4.78, 5) is 29.6. The van der Waals surface area contributed by atoms with E-state index in [0.717, 1.165) is 24.2 Å². The van der Waals surface area contributed by atoms with Crippen LogP contribution >= 0.6 is 11.3 Å². The van der Waals surface area contributed by atoms with Crippen LogP contribution in [0.1, 0.15) is 25.0 Å². The maximum absolute atomic E-state index is 12.3. The molecule has 0 radical (unpaired) electrons. The summed E-state index contributed by atoms with van der Waals surface area (Å²) in [5.74, 6) is 0.344. The van der Waals surface area contributed by atoms with Gasteiger partial charge in [-0.1, -0.05) is 24.3 Å². The number of anilines is 2. The van der Waals surface area contributed by atoms with E-state index in [4.69, 9.17) is 0 Å². The van der Waals surface area contributed by atoms with Gasteiger partial charge in [-0.3, -0.25) is 14.0 Å². The summed E-state index contributed by atoms with van der Waals surface area (Å²) in [6.07, 6.45) is 8.56. The van der Waals surface area contributed by atoms with Gasteiger partial charge in [0.25, 0.3) is 5.56 Å². The van der Waals surface area contributed by atoms with Crippen molar-refractivity contribution in [3.8, 4) is 0 Å². The van der Waals surface area contributed by atoms with Crippen molar-refractivity contribution in [2.45, 2.75) is 25.8 Å². The lowest BCUT2D eigenvalue weighted by Gasteiger charge is -2.14. The first-order valence-electron chi connectivity index (χ1n) is 8.94. The lowest BCUT2D eigenvalue weighted by atomic mass is 10.0. The molecular weight excluding hydrogens is 360 g/mol. The summed E-state index contributed by atoms with van der Waals surface area (Å²) in [5.41, 5.74) is 2.11. The molecule has 2 heterocycles. The third kappa shape index (κ3) is 4.09. The summed E-state index contributed by atoms with van der Waals surface area (Å²) in [6, 6.07) is 9.10. The van der Waals surface area contributed by atoms with E-state index < -0.39 is 0 Å². The van der Waals surface area contributed by atoms with E-state index in [1.807, 2.05) is 29.6 Å². The standard InChI is InChI=1S/C20H20N4O2S/c25-18(11-14-5-1-2-6-14)23-17-8-4-3-7-16(17)21-13-15-12-19(26)24-9-10-27-20(24)22-15/h1,3-5,7-10,12,14,21H,2,6,11,13H2,(H,23,25). The lowest BCUT2D eigenvalue weighted by Crippen LogP contribution is -2.17. The Kier molecular flexibility index (Phi) is 5.02. The minimum atomic E-state index is -0.0933. The van der Waals surface area contributed by atoms with Gasteiger partial charge in [0.15, 0.2) is 4.96 Å². The molecule has 0 fully saturated rings. The van der Waals surface area contributed by atoms with Crippen LogP contribution in [0.25, 0.3) is 4.96 Å². The average Bonchev–Trinajstić information content (AvgIpc) is 3.33. The largest absolute Gasteiger partial charge is 0.378 e. The van der Waals surface area contributed by atoms with Crippen LogP contribution < -0.4 is 16.2 Å². The summed E-state index contributed by atoms with van der Waals surface area (Å²) in [5, 5.41) is 8.11. The number of allylic oxidation sites excluding steroid dienone is 2. The molecule has 6 nitrogen and oxygen atoms in total. The first-order valence-corrected chi connectivity index (χ1v) is 9.82. The molecule has 7 heteroatoms. The summed E-state index contributed by atoms with van der Waals surface area (Å²) >= 11 is 1.43. The van der Waals surface area contributed by atoms with E-state index in [1.165, 1.54) is 21.8 Å². The number of hydrogen-bond donors (Lipinski definition) is 2. The summed E-state index contributed by atoms with van der Waals surface area (Å²) in [7, 11) is 0. The number of carbonyl (C=O) groups is 1. The van der Waals surface area contributed by atoms with Crippen LogP contribution in [0.5, 0.6) is 0 Å². The molecule has 0 aliphatic heterocycles. The van der Waals surface area contributed by atoms with Crippen molar-refractivity contribution in [2.24, 2.45) is 5.92 Å². The van der Waals surface area contributed by atoms with Gasteiger partial charge < -0.3 is 10.6 Å². The van der Waals surface area contributed by atoms with Crippen molar-refractivity contribution in [1.29, 1.82) is 0 Å². The highest BCUT2D eigenvalue weighted by molar-refractivity contribution is 7.15. The minimum absolute atomic E-state index is 0.0113. The van der Waals surface area contributed by atoms with Gasteiger partial charge in [-0.15, -0.1) is 11.3 Å². The van der Waals surface area contributed by atoms with Crippen LogP contribution in [0, 0.1) is 5.92 Å². The van der Waals surface area contributed by atoms with Gasteiger partial charge in [0, 0.05) is 24.1 Å². The van der Waals surface area contributed by atoms with E-state index in [-0.39, 0.29) is 11.5 Å². The van der Waals surface area contributed by atoms with Gasteiger partial charge >= 0.3 is 0 Å². The molecule has 2 N–H and O–H groups in total. The Balaban J connectivity index is 1.44. The van der Waals surface area contributed by atoms with Crippen molar-refractivity contribution in [1.82, 2.24) is 9.38 Å². The predicted molar refractivity (Wildman–Crippen MR) is 108 cm³/mol. The Bertz CT molecular complexity index is 1050. The second-order valence-corrected chi connectivity index (χ2v) is 7.43. The van der Waals surface area contributed by atoms with Crippen LogP contribution in [0.15, 0.2) is 58.9 Å². The molecule has 3 aromatic rings. The normalized spacial score (nSPS) is 15.9. The molecule has 0 saturated heterocycles. The van der Waals surface area contributed by atoms with Gasteiger partial charge in [-0.2, -0.15) is 0 Å². The molecular formula is C20H20N4O2S. The van der Waals surface area contributed by atoms with Crippen molar-refractivity contribution in [2.75, 3.05) is 10.6 Å². The Labute approximate surface area is 160 Å². The average molecular weight is 380 g/mol. The third-order valence-corrected chi connectivity index (χ3v) is 5.33. The van der Waals surface area contributed by atoms with E-state index >= 15 is 0 Å². The minimum Gasteiger partial charge on any atom is -0.378 e. The Morgan fingerprint density at radius 3 is 2.96 bits per heavy atom. The van der Waals surface area contributed by atoms with E-state index in [2.05, 4.69) is 27.8 Å². The number of nitrogens with one attached hydrogen (secondary N) is 2. The quantitative estimate of drug-likeness (QED) is 0.640. The number of rotatable bonds is 6. The van der Waals surface area contributed by atoms with Crippen molar-refractivity contribution < 1.29 is 4.79 Å². The van der Waals surface area contributed by atoms with E-state index in [9.17, 15) is 9.59 Å². The summed E-state index contributed by atoms with van der Waals surface area (Å²) < 4.78 is 1.53. The number of aromatic nitrogens is 2. The molecule has 1 atom stereocenters. The first-order chi connectivity index (χ1) is 13.2. The molecule has 1 aromatic carbocycles. The number of para-hydroxylation sites is 2. The predicted octanol–water partition coefficient (Wildman–Crippen LogP) is 3.66. The van der Waals surface area contributed by atoms with Crippen molar-refractivity contribution in [3.05, 3.63) is 70.1 Å². The SMILES string of the molecule is O=C(CC1C=CCC1)Nc1ccccc1NCc1cc(=O)n2ccsc2n1. The number of benzene rings is 1. The molecule has 1 unspecified atom stereocenters. The monoisotopic (exact) mass is 380 g/mol.